The summed E-state index contributed by atoms with van der Waals surface area (Å²) in [6, 6.07) is 18.2. The van der Waals surface area contributed by atoms with Crippen LogP contribution in [0.1, 0.15) is 187 Å². The topological polar surface area (TPSA) is 311 Å². The zero-order chi connectivity index (χ0) is 82.4. The lowest BCUT2D eigenvalue weighted by Gasteiger charge is -2.35. The van der Waals surface area contributed by atoms with Crippen molar-refractivity contribution in [1.82, 2.24) is 31.9 Å². The highest BCUT2D eigenvalue weighted by Gasteiger charge is 2.44. The Kier molecular flexibility index (Phi) is 45.6. The molecule has 2 aromatic rings. The van der Waals surface area contributed by atoms with Gasteiger partial charge in [0.25, 0.3) is 0 Å². The number of quaternary nitrogens is 3. The van der Waals surface area contributed by atoms with Crippen LogP contribution in [0.15, 0.2) is 60.7 Å². The van der Waals surface area contributed by atoms with Crippen LogP contribution in [-0.2, 0) is 58.3 Å². The first kappa shape index (κ1) is 102. The van der Waals surface area contributed by atoms with Crippen LogP contribution in [0.5, 0.6) is 0 Å². The van der Waals surface area contributed by atoms with Gasteiger partial charge < -0.3 is 45.3 Å². The molecule has 0 spiro atoms. The van der Waals surface area contributed by atoms with E-state index >= 15 is 0 Å². The lowest BCUT2D eigenvalue weighted by molar-refractivity contribution is -0.890. The molecule has 2 aromatic carbocycles. The molecule has 0 aliphatic rings. The van der Waals surface area contributed by atoms with E-state index in [4.69, 9.17) is 0 Å². The number of amides is 6. The van der Waals surface area contributed by atoms with E-state index < -0.39 is 62.0 Å². The fraction of sp³-hybridized carbons (Fsp3) is 0.744. The van der Waals surface area contributed by atoms with E-state index in [9.17, 15) is 63.6 Å². The van der Waals surface area contributed by atoms with Crippen LogP contribution in [-0.4, -0.2) is 258 Å². The van der Waals surface area contributed by atoms with Crippen molar-refractivity contribution in [2.45, 2.75) is 167 Å². The Labute approximate surface area is 660 Å². The summed E-state index contributed by atoms with van der Waals surface area (Å²) in [7, 11) is 3.58. The predicted molar refractivity (Wildman–Crippen MR) is 446 cm³/mol. The van der Waals surface area contributed by atoms with Crippen LogP contribution >= 0.6 is 36.2 Å². The van der Waals surface area contributed by atoms with Gasteiger partial charge in [-0.2, -0.15) is 12.6 Å². The number of benzene rings is 2. The molecule has 6 N–H and O–H groups in total. The quantitative estimate of drug-likeness (QED) is 0.0184. The minimum absolute atomic E-state index is 0.0213. The van der Waals surface area contributed by atoms with Crippen LogP contribution < -0.4 is 31.9 Å². The highest BCUT2D eigenvalue weighted by atomic mass is 32.2. The van der Waals surface area contributed by atoms with Gasteiger partial charge in [0.15, 0.2) is 0 Å². The Bertz CT molecular complexity index is 3430. The van der Waals surface area contributed by atoms with Crippen molar-refractivity contribution in [3.05, 3.63) is 71.8 Å². The lowest BCUT2D eigenvalue weighted by Crippen LogP contribution is -2.47. The van der Waals surface area contributed by atoms with E-state index in [1.165, 1.54) is 42.3 Å². The maximum absolute atomic E-state index is 13.1. The van der Waals surface area contributed by atoms with Crippen molar-refractivity contribution in [2.24, 2.45) is 32.5 Å². The second kappa shape index (κ2) is 47.7. The van der Waals surface area contributed by atoms with Crippen molar-refractivity contribution in [3.63, 3.8) is 0 Å². The van der Waals surface area contributed by atoms with Crippen molar-refractivity contribution in [3.8, 4) is 0 Å². The Morgan fingerprint density at radius 2 is 0.598 bits per heavy atom. The molecule has 29 heteroatoms. The molecule has 2 rings (SSSR count). The molecule has 107 heavy (non-hydrogen) atoms. The van der Waals surface area contributed by atoms with E-state index in [0.717, 1.165) is 58.5 Å². The summed E-state index contributed by atoms with van der Waals surface area (Å²) in [6.07, 6.45) is 11.8. The number of rotatable bonds is 50. The molecular formula is C78H142N9O14S6+3. The number of nitrogens with zero attached hydrogens (tertiary/aromatic N) is 3. The minimum Gasteiger partial charge on any atom is -0.356 e. The van der Waals surface area contributed by atoms with Crippen LogP contribution in [0.4, 0.5) is 0 Å². The molecule has 0 bridgehead atoms. The number of hydrogen-bond donors (Lipinski definition) is 7. The third kappa shape index (κ3) is 44.9. The normalized spacial score (nSPS) is 14.2. The van der Waals surface area contributed by atoms with E-state index in [0.29, 0.717) is 145 Å². The van der Waals surface area contributed by atoms with Gasteiger partial charge in [-0.05, 0) is 44.9 Å². The highest BCUT2D eigenvalue weighted by Crippen LogP contribution is 2.40. The number of thiol groups is 1. The fourth-order valence-electron chi connectivity index (χ4n) is 12.6. The van der Waals surface area contributed by atoms with Crippen molar-refractivity contribution >= 4 is 111 Å². The molecule has 0 heterocycles. The molecule has 0 saturated carbocycles. The molecule has 0 saturated heterocycles. The molecule has 0 aromatic heterocycles. The zero-order valence-electron chi connectivity index (χ0n) is 69.2. The summed E-state index contributed by atoms with van der Waals surface area (Å²) in [6.45, 7) is 30.6. The lowest BCUT2D eigenvalue weighted by atomic mass is 9.71. The van der Waals surface area contributed by atoms with Gasteiger partial charge in [-0.1, -0.05) is 167 Å². The van der Waals surface area contributed by atoms with Gasteiger partial charge in [0.05, 0.1) is 98.8 Å². The van der Waals surface area contributed by atoms with Crippen molar-refractivity contribution in [2.75, 3.05) is 174 Å². The van der Waals surface area contributed by atoms with E-state index in [1.807, 2.05) is 119 Å². The average molecular weight is 1620 g/mol. The number of carbonyl (C=O) groups excluding carboxylic acids is 8. The predicted octanol–water partition coefficient (Wildman–Crippen LogP) is 9.32. The maximum Gasteiger partial charge on any atom is 0.225 e. The summed E-state index contributed by atoms with van der Waals surface area (Å²) in [4.78, 5) is 102. The van der Waals surface area contributed by atoms with E-state index in [1.54, 1.807) is 24.3 Å². The maximum atomic E-state index is 13.1. The summed E-state index contributed by atoms with van der Waals surface area (Å²) in [5.41, 5.74) is -2.81. The number of thioether (sulfide) groups is 2. The second-order valence-electron chi connectivity index (χ2n) is 33.7. The molecule has 3 atom stereocenters. The van der Waals surface area contributed by atoms with E-state index in [-0.39, 0.29) is 62.9 Å². The van der Waals surface area contributed by atoms with Gasteiger partial charge in [-0.15, -0.1) is 0 Å². The van der Waals surface area contributed by atoms with Gasteiger partial charge in [0.1, 0.15) is 29.5 Å². The first-order chi connectivity index (χ1) is 49.1. The molecule has 6 amide bonds. The molecule has 0 radical (unpaired) electrons. The van der Waals surface area contributed by atoms with Gasteiger partial charge in [-0.25, -0.2) is 25.3 Å². The summed E-state index contributed by atoms with van der Waals surface area (Å²) in [5.74, 6) is 1.84. The Hall–Kier alpha value is -4.62. The molecular weight excluding hydrogens is 1480 g/mol. The number of sulfone groups is 3. The van der Waals surface area contributed by atoms with Gasteiger partial charge >= 0.3 is 0 Å². The van der Waals surface area contributed by atoms with Crippen molar-refractivity contribution < 1.29 is 77.1 Å². The Morgan fingerprint density at radius 3 is 0.869 bits per heavy atom. The first-order valence-corrected chi connectivity index (χ1v) is 46.6. The standard InChI is InChI=1S/C29H49N3O5S2.C28H47N3O5S2.C21H43N3O4S2/c1-8-29(4,27(35)31-18-13-21-38-25(33)24-15-10-9-11-16-24)23-28(2,3)26(34)30-17-12-19-32(5,6)20-14-22-39(7,36)37;1-8-28(4,26(34)30-17-20-37-24(32)23-14-10-9-11-15-23)22-27(2,3)25(33)29-16-12-18-31(5,6)19-13-21-38(7,35)36;1-8-21(4,19(26)23-12-15-29)17-20(2,3)18(25)22-11-9-13-24(5,6)14-10-16-30(7,27)28/h9-11,15-16H,8,12-14,17-23H2,1-7H3,(H-,30,31,34,35);9-11,14-15H,8,12-13,16-22H2,1-7H3,(H-,29,30,33,34);8-17H2,1-7H3,(H2-,22,23,25,26,29)/p+3. The fourth-order valence-corrected chi connectivity index (χ4v) is 16.1. The van der Waals surface area contributed by atoms with Crippen molar-refractivity contribution in [1.29, 1.82) is 0 Å². The van der Waals surface area contributed by atoms with Gasteiger partial charge in [0, 0.05) is 157 Å². The second-order valence-corrected chi connectivity index (χ2v) is 43.1. The molecule has 0 aliphatic carbocycles. The van der Waals surface area contributed by atoms with Crippen LogP contribution in [0.3, 0.4) is 0 Å². The van der Waals surface area contributed by atoms with E-state index in [2.05, 4.69) is 86.8 Å². The third-order valence-corrected chi connectivity index (χ3v) is 24.9. The number of carbonyl (C=O) groups is 8. The summed E-state index contributed by atoms with van der Waals surface area (Å²) >= 11 is 6.57. The number of hydrogen-bond acceptors (Lipinski definition) is 17. The molecule has 0 fully saturated rings. The Balaban J connectivity index is 0.00000159. The largest absolute Gasteiger partial charge is 0.356 e. The van der Waals surface area contributed by atoms with Crippen LogP contribution in [0.2, 0.25) is 0 Å². The van der Waals surface area contributed by atoms with Gasteiger partial charge in [0.2, 0.25) is 45.7 Å². The van der Waals surface area contributed by atoms with Gasteiger partial charge in [-0.3, -0.25) is 38.4 Å². The highest BCUT2D eigenvalue weighted by molar-refractivity contribution is 8.14. The molecule has 3 unspecified atom stereocenters. The zero-order valence-corrected chi connectivity index (χ0v) is 74.2. The smallest absolute Gasteiger partial charge is 0.225 e. The Morgan fingerprint density at radius 1 is 0.355 bits per heavy atom. The molecule has 616 valence electrons. The summed E-state index contributed by atoms with van der Waals surface area (Å²) < 4.78 is 70.1. The van der Waals surface area contributed by atoms with Crippen LogP contribution in [0.25, 0.3) is 0 Å². The monoisotopic (exact) mass is 1620 g/mol. The number of nitrogens with one attached hydrogen (secondary N) is 6. The first-order valence-electron chi connectivity index (χ1n) is 37.9. The SMILES string of the molecule is CCC(C)(CC(C)(C)C(=O)NCCC[N+](C)(C)CCCS(C)(=O)=O)C(=O)NCCCSC(=O)c1ccccc1.CCC(C)(CC(C)(C)C(=O)NCCC[N+](C)(C)CCCS(C)(=O)=O)C(=O)NCCS.CCC(C)(CC(C)(C)C(=O)NCCC[N+](C)(C)CCCS(C)(=O)=O)C(=O)NCCSC(=O)c1ccccc1. The van der Waals surface area contributed by atoms with Crippen LogP contribution in [0, 0.1) is 32.5 Å². The minimum atomic E-state index is -2.95. The third-order valence-electron chi connectivity index (χ3n) is 19.7. The molecule has 0 aliphatic heterocycles. The summed E-state index contributed by atoms with van der Waals surface area (Å²) in [5, 5.41) is 17.9. The molecule has 23 nitrogen and oxygen atoms in total. The average Bonchev–Trinajstić information content (AvgIpc) is 0.825.